The molecule has 0 bridgehead atoms. The lowest BCUT2D eigenvalue weighted by Gasteiger charge is -2.28. The van der Waals surface area contributed by atoms with Crippen LogP contribution in [-0.4, -0.2) is 59.8 Å². The monoisotopic (exact) mass is 289 g/mol. The third kappa shape index (κ3) is 2.09. The van der Waals surface area contributed by atoms with Crippen LogP contribution in [-0.2, 0) is 6.42 Å². The number of urea groups is 1. The van der Waals surface area contributed by atoms with E-state index in [9.17, 15) is 4.79 Å². The van der Waals surface area contributed by atoms with Crippen LogP contribution in [0.15, 0.2) is 29.2 Å². The fourth-order valence-electron chi connectivity index (χ4n) is 3.44. The Morgan fingerprint density at radius 3 is 3.10 bits per heavy atom. The predicted octanol–water partition coefficient (Wildman–Crippen LogP) is 1.41. The summed E-state index contributed by atoms with van der Waals surface area (Å²) in [4.78, 5) is 17.9. The third-order valence-electron chi connectivity index (χ3n) is 4.44. The normalized spacial score (nSPS) is 28.7. The molecular formula is C15H19N3OS. The van der Waals surface area contributed by atoms with Crippen LogP contribution in [0.4, 0.5) is 4.79 Å². The van der Waals surface area contributed by atoms with Gasteiger partial charge < -0.3 is 15.1 Å². The molecule has 2 atom stereocenters. The highest BCUT2D eigenvalue weighted by Crippen LogP contribution is 2.37. The van der Waals surface area contributed by atoms with Crippen LogP contribution in [0.2, 0.25) is 0 Å². The molecule has 0 saturated carbocycles. The number of carbonyl (C=O) groups excluding carboxylic acids is 1. The molecule has 2 saturated heterocycles. The zero-order valence-electron chi connectivity index (χ0n) is 11.4. The van der Waals surface area contributed by atoms with Crippen molar-refractivity contribution in [3.8, 4) is 0 Å². The largest absolute Gasteiger partial charge is 0.321 e. The lowest BCUT2D eigenvalue weighted by atomic mass is 10.1. The molecule has 2 amide bonds. The van der Waals surface area contributed by atoms with Crippen LogP contribution in [0, 0.1) is 0 Å². The highest BCUT2D eigenvalue weighted by Gasteiger charge is 2.39. The molecule has 0 aromatic heterocycles. The van der Waals surface area contributed by atoms with Crippen molar-refractivity contribution < 1.29 is 4.79 Å². The van der Waals surface area contributed by atoms with E-state index in [1.54, 1.807) is 0 Å². The summed E-state index contributed by atoms with van der Waals surface area (Å²) in [6, 6.07) is 9.23. The van der Waals surface area contributed by atoms with Crippen LogP contribution >= 0.6 is 11.8 Å². The van der Waals surface area contributed by atoms with E-state index in [2.05, 4.69) is 34.5 Å². The number of nitrogens with zero attached hydrogens (tertiary/aromatic N) is 2. The minimum absolute atomic E-state index is 0.244. The average molecular weight is 289 g/mol. The molecule has 0 aliphatic carbocycles. The summed E-state index contributed by atoms with van der Waals surface area (Å²) in [5, 5.41) is 3.90. The highest BCUT2D eigenvalue weighted by molar-refractivity contribution is 8.00. The first-order chi connectivity index (χ1) is 9.81. The van der Waals surface area contributed by atoms with E-state index in [-0.39, 0.29) is 6.03 Å². The van der Waals surface area contributed by atoms with Crippen LogP contribution < -0.4 is 5.32 Å². The summed E-state index contributed by atoms with van der Waals surface area (Å²) >= 11 is 1.93. The van der Waals surface area contributed by atoms with E-state index in [0.717, 1.165) is 39.1 Å². The molecule has 2 unspecified atom stereocenters. The molecule has 5 heteroatoms. The van der Waals surface area contributed by atoms with Crippen LogP contribution in [0.5, 0.6) is 0 Å². The second-order valence-corrected chi connectivity index (χ2v) is 7.13. The Kier molecular flexibility index (Phi) is 3.11. The number of nitrogens with one attached hydrogen (secondary N) is 1. The number of thioether (sulfide) groups is 1. The van der Waals surface area contributed by atoms with Gasteiger partial charge in [-0.1, -0.05) is 18.2 Å². The molecule has 4 nitrogen and oxygen atoms in total. The molecule has 20 heavy (non-hydrogen) atoms. The van der Waals surface area contributed by atoms with Gasteiger partial charge in [0.05, 0.1) is 6.04 Å². The Balaban J connectivity index is 1.42. The summed E-state index contributed by atoms with van der Waals surface area (Å²) < 4.78 is 0. The van der Waals surface area contributed by atoms with E-state index >= 15 is 0 Å². The van der Waals surface area contributed by atoms with Gasteiger partial charge in [0.1, 0.15) is 0 Å². The van der Waals surface area contributed by atoms with Crippen LogP contribution in [0.1, 0.15) is 5.56 Å². The van der Waals surface area contributed by atoms with Gasteiger partial charge in [-0.25, -0.2) is 4.79 Å². The molecule has 3 aliphatic heterocycles. The topological polar surface area (TPSA) is 35.6 Å². The number of fused-ring (bicyclic) bond motifs is 2. The number of benzene rings is 1. The quantitative estimate of drug-likeness (QED) is 0.894. The minimum atomic E-state index is 0.244. The Hall–Kier alpha value is -1.20. The maximum Gasteiger partial charge on any atom is 0.320 e. The molecule has 2 fully saturated rings. The molecule has 4 rings (SSSR count). The smallest absolute Gasteiger partial charge is 0.320 e. The average Bonchev–Trinajstić information content (AvgIpc) is 3.01. The van der Waals surface area contributed by atoms with Crippen molar-refractivity contribution in [3.63, 3.8) is 0 Å². The molecular weight excluding hydrogens is 270 g/mol. The zero-order chi connectivity index (χ0) is 13.5. The van der Waals surface area contributed by atoms with Crippen molar-refractivity contribution in [1.29, 1.82) is 0 Å². The number of carbonyl (C=O) groups is 1. The van der Waals surface area contributed by atoms with Gasteiger partial charge in [0.15, 0.2) is 0 Å². The van der Waals surface area contributed by atoms with Gasteiger partial charge in [-0.2, -0.15) is 0 Å². The lowest BCUT2D eigenvalue weighted by Crippen LogP contribution is -2.49. The number of hydrogen-bond acceptors (Lipinski definition) is 3. The minimum Gasteiger partial charge on any atom is -0.321 e. The van der Waals surface area contributed by atoms with Crippen molar-refractivity contribution >= 4 is 17.8 Å². The summed E-state index contributed by atoms with van der Waals surface area (Å²) in [6.45, 7) is 4.50. The zero-order valence-corrected chi connectivity index (χ0v) is 12.2. The highest BCUT2D eigenvalue weighted by atomic mass is 32.2. The van der Waals surface area contributed by atoms with Crippen molar-refractivity contribution in [2.45, 2.75) is 22.6 Å². The van der Waals surface area contributed by atoms with Gasteiger partial charge in [-0.05, 0) is 18.1 Å². The van der Waals surface area contributed by atoms with E-state index < -0.39 is 0 Å². The number of hydrogen-bond donors (Lipinski definition) is 1. The van der Waals surface area contributed by atoms with Gasteiger partial charge in [0.2, 0.25) is 0 Å². The first-order valence-corrected chi connectivity index (χ1v) is 8.20. The molecule has 0 spiro atoms. The maximum atomic E-state index is 12.4. The van der Waals surface area contributed by atoms with Crippen LogP contribution in [0.25, 0.3) is 0 Å². The van der Waals surface area contributed by atoms with E-state index in [1.165, 1.54) is 10.5 Å². The summed E-state index contributed by atoms with van der Waals surface area (Å²) in [5.41, 5.74) is 1.44. The van der Waals surface area contributed by atoms with Gasteiger partial charge in [0.25, 0.3) is 0 Å². The van der Waals surface area contributed by atoms with Gasteiger partial charge >= 0.3 is 6.03 Å². The van der Waals surface area contributed by atoms with E-state index in [1.807, 2.05) is 16.7 Å². The van der Waals surface area contributed by atoms with Gasteiger partial charge in [-0.15, -0.1) is 11.8 Å². The van der Waals surface area contributed by atoms with Crippen LogP contribution in [0.3, 0.4) is 0 Å². The van der Waals surface area contributed by atoms with Crippen molar-refractivity contribution in [1.82, 2.24) is 15.1 Å². The molecule has 3 heterocycles. The Labute approximate surface area is 123 Å². The summed E-state index contributed by atoms with van der Waals surface area (Å²) in [7, 11) is 0. The van der Waals surface area contributed by atoms with E-state index in [0.29, 0.717) is 11.3 Å². The third-order valence-corrected chi connectivity index (χ3v) is 5.74. The maximum absolute atomic E-state index is 12.4. The number of piperazine rings is 1. The van der Waals surface area contributed by atoms with Crippen molar-refractivity contribution in [2.75, 3.05) is 32.7 Å². The number of rotatable bonds is 2. The van der Waals surface area contributed by atoms with E-state index in [4.69, 9.17) is 0 Å². The lowest BCUT2D eigenvalue weighted by molar-refractivity contribution is 0.179. The Bertz CT molecular complexity index is 511. The first kappa shape index (κ1) is 12.5. The molecule has 1 aromatic rings. The first-order valence-electron chi connectivity index (χ1n) is 7.32. The second kappa shape index (κ2) is 4.97. The standard InChI is InChI=1S/C15H19N3OS/c19-15-17(9-12-8-16-5-6-18(12)15)10-13-7-11-3-1-2-4-14(11)20-13/h1-4,12-13,16H,5-10H2. The predicted molar refractivity (Wildman–Crippen MR) is 80.1 cm³/mol. The second-order valence-electron chi connectivity index (χ2n) is 5.79. The SMILES string of the molecule is O=C1N(CC2Cc3ccccc3S2)CC2CNCCN12. The molecule has 1 aromatic carbocycles. The van der Waals surface area contributed by atoms with Crippen molar-refractivity contribution in [3.05, 3.63) is 29.8 Å². The fraction of sp³-hybridized carbons (Fsp3) is 0.533. The molecule has 0 radical (unpaired) electrons. The van der Waals surface area contributed by atoms with Gasteiger partial charge in [0, 0.05) is 42.9 Å². The molecule has 1 N–H and O–H groups in total. The molecule has 3 aliphatic rings. The Morgan fingerprint density at radius 2 is 2.25 bits per heavy atom. The fourth-order valence-corrected chi connectivity index (χ4v) is 4.78. The summed E-state index contributed by atoms with van der Waals surface area (Å²) in [5.74, 6) is 0. The van der Waals surface area contributed by atoms with Crippen molar-refractivity contribution in [2.24, 2.45) is 0 Å². The van der Waals surface area contributed by atoms with Gasteiger partial charge in [-0.3, -0.25) is 0 Å². The Morgan fingerprint density at radius 1 is 1.35 bits per heavy atom. The number of amides is 2. The summed E-state index contributed by atoms with van der Waals surface area (Å²) in [6.07, 6.45) is 1.09. The molecule has 106 valence electrons.